The van der Waals surface area contributed by atoms with E-state index in [0.29, 0.717) is 63.4 Å². The van der Waals surface area contributed by atoms with Crippen LogP contribution in [0.15, 0.2) is 48.5 Å². The highest BCUT2D eigenvalue weighted by atomic mass is 19.4. The monoisotopic (exact) mass is 556 g/mol. The number of rotatable bonds is 8. The second-order valence-corrected chi connectivity index (χ2v) is 9.58. The van der Waals surface area contributed by atoms with E-state index >= 15 is 0 Å². The number of carbonyl (C=O) groups excluding carboxylic acids is 2. The number of halogens is 3. The molecule has 9 nitrogen and oxygen atoms in total. The van der Waals surface area contributed by atoms with E-state index in [1.54, 1.807) is 18.2 Å². The molecule has 2 N–H and O–H groups in total. The van der Waals surface area contributed by atoms with Crippen LogP contribution >= 0.6 is 0 Å². The van der Waals surface area contributed by atoms with Crippen LogP contribution in [0.4, 0.5) is 13.2 Å². The van der Waals surface area contributed by atoms with E-state index in [1.165, 1.54) is 18.2 Å². The number of ketones is 1. The number of primary amides is 1. The number of morpholine rings is 1. The molecule has 1 aliphatic heterocycles. The topological polar surface area (TPSA) is 117 Å². The fourth-order valence-electron chi connectivity index (χ4n) is 4.62. The molecule has 40 heavy (non-hydrogen) atoms. The van der Waals surface area contributed by atoms with Gasteiger partial charge in [-0.3, -0.25) is 14.5 Å². The molecule has 3 aromatic rings. The van der Waals surface area contributed by atoms with Crippen LogP contribution in [0, 0.1) is 0 Å². The maximum absolute atomic E-state index is 12.9. The van der Waals surface area contributed by atoms with Gasteiger partial charge in [0.15, 0.2) is 17.7 Å². The average Bonchev–Trinajstić information content (AvgIpc) is 3.33. The molecule has 2 heterocycles. The number of nitrogens with two attached hydrogens (primary N) is 1. The number of benzene rings is 2. The molecule has 1 aliphatic carbocycles. The van der Waals surface area contributed by atoms with Gasteiger partial charge in [-0.05, 0) is 60.9 Å². The molecular formula is C28H27F3N4O5. The molecule has 2 aromatic carbocycles. The van der Waals surface area contributed by atoms with Crippen molar-refractivity contribution in [2.45, 2.75) is 38.1 Å². The molecule has 5 rings (SSSR count). The summed E-state index contributed by atoms with van der Waals surface area (Å²) >= 11 is 0. The number of hydrogen-bond acceptors (Lipinski definition) is 8. The van der Waals surface area contributed by atoms with Gasteiger partial charge < -0.3 is 19.9 Å². The molecule has 2 fully saturated rings. The highest BCUT2D eigenvalue weighted by Gasteiger charge is 2.30. The van der Waals surface area contributed by atoms with Crippen LogP contribution in [0.2, 0.25) is 0 Å². The molecule has 1 atom stereocenters. The van der Waals surface area contributed by atoms with Gasteiger partial charge in [0.2, 0.25) is 5.88 Å². The Hall–Kier alpha value is -4.03. The largest absolute Gasteiger partial charge is 0.466 e. The Labute approximate surface area is 228 Å². The van der Waals surface area contributed by atoms with Gasteiger partial charge in [-0.25, -0.2) is 4.98 Å². The van der Waals surface area contributed by atoms with E-state index in [9.17, 15) is 22.8 Å². The average molecular weight is 557 g/mol. The number of ether oxygens (including phenoxy) is 3. The van der Waals surface area contributed by atoms with Gasteiger partial charge in [-0.1, -0.05) is 0 Å². The Morgan fingerprint density at radius 3 is 2.42 bits per heavy atom. The molecule has 0 radical (unpaired) electrons. The van der Waals surface area contributed by atoms with Gasteiger partial charge in [-0.2, -0.15) is 18.2 Å². The summed E-state index contributed by atoms with van der Waals surface area (Å²) in [6.45, 7) is 2.97. The first-order chi connectivity index (χ1) is 19.2. The number of carbonyl (C=O) groups is 2. The second kappa shape index (κ2) is 11.6. The van der Waals surface area contributed by atoms with Crippen molar-refractivity contribution >= 4 is 11.7 Å². The summed E-state index contributed by atoms with van der Waals surface area (Å²) < 4.78 is 56.0. The van der Waals surface area contributed by atoms with Crippen molar-refractivity contribution in [3.63, 3.8) is 0 Å². The maximum Gasteiger partial charge on any atom is 0.416 e. The predicted octanol–water partition coefficient (Wildman–Crippen LogP) is 4.39. The van der Waals surface area contributed by atoms with E-state index in [4.69, 9.17) is 19.9 Å². The molecule has 12 heteroatoms. The Balaban J connectivity index is 1.49. The zero-order valence-electron chi connectivity index (χ0n) is 21.4. The number of alkyl halides is 3. The zero-order chi connectivity index (χ0) is 28.3. The van der Waals surface area contributed by atoms with Crippen molar-refractivity contribution in [1.29, 1.82) is 0 Å². The Bertz CT molecular complexity index is 1390. The van der Waals surface area contributed by atoms with Crippen LogP contribution in [0.1, 0.15) is 40.9 Å². The van der Waals surface area contributed by atoms with Crippen molar-refractivity contribution in [3.8, 4) is 28.8 Å². The molecule has 210 valence electrons. The Morgan fingerprint density at radius 2 is 1.77 bits per heavy atom. The minimum atomic E-state index is -4.45. The van der Waals surface area contributed by atoms with Crippen LogP contribution < -0.4 is 15.2 Å². The minimum absolute atomic E-state index is 0.0291. The number of aromatic nitrogens is 2. The highest BCUT2D eigenvalue weighted by Crippen LogP contribution is 2.34. The summed E-state index contributed by atoms with van der Waals surface area (Å²) in [4.78, 5) is 35.2. The molecule has 1 saturated carbocycles. The van der Waals surface area contributed by atoms with Crippen LogP contribution in [-0.4, -0.2) is 59.0 Å². The van der Waals surface area contributed by atoms with Crippen molar-refractivity contribution in [1.82, 2.24) is 14.9 Å². The molecule has 1 saturated heterocycles. The summed E-state index contributed by atoms with van der Waals surface area (Å²) in [6, 6.07) is 10.8. The number of nitrogens with zero attached hydrogens (tertiary/aromatic N) is 3. The summed E-state index contributed by atoms with van der Waals surface area (Å²) in [5.41, 5.74) is 6.03. The van der Waals surface area contributed by atoms with Gasteiger partial charge in [0.1, 0.15) is 17.2 Å². The number of hydrogen-bond donors (Lipinski definition) is 1. The van der Waals surface area contributed by atoms with Crippen molar-refractivity contribution in [2.75, 3.05) is 26.3 Å². The smallest absolute Gasteiger partial charge is 0.416 e. The summed E-state index contributed by atoms with van der Waals surface area (Å²) in [5.74, 6) is 0.0807. The standard InChI is InChI=1S/C28H27F3N4O5/c29-28(30,31)18-4-6-19(7-5-18)39-20-8-9-21(17(14-20)16-35-10-12-38-13-11-35)27-33-22(26(32)37)15-25(34-27)40-24-3-1-2-23(24)36/h4-9,14-15,24H,1-3,10-13,16H2,(H2,32,37)/t24-/m0/s1. The molecule has 1 amide bonds. The number of Topliss-reactive ketones (excluding diaryl/α,β-unsaturated/α-hetero) is 1. The second-order valence-electron chi connectivity index (χ2n) is 9.58. The van der Waals surface area contributed by atoms with E-state index in [2.05, 4.69) is 14.9 Å². The maximum atomic E-state index is 12.9. The fourth-order valence-corrected chi connectivity index (χ4v) is 4.62. The van der Waals surface area contributed by atoms with Gasteiger partial charge in [0.05, 0.1) is 18.8 Å². The molecule has 1 aromatic heterocycles. The summed E-state index contributed by atoms with van der Waals surface area (Å²) in [7, 11) is 0. The summed E-state index contributed by atoms with van der Waals surface area (Å²) in [5, 5.41) is 0. The van der Waals surface area contributed by atoms with Crippen LogP contribution in [0.3, 0.4) is 0 Å². The third-order valence-electron chi connectivity index (χ3n) is 6.70. The number of amides is 1. The lowest BCUT2D eigenvalue weighted by molar-refractivity contribution is -0.137. The lowest BCUT2D eigenvalue weighted by atomic mass is 10.0. The minimum Gasteiger partial charge on any atom is -0.466 e. The molecule has 0 unspecified atom stereocenters. The molecular weight excluding hydrogens is 529 g/mol. The van der Waals surface area contributed by atoms with Crippen molar-refractivity contribution in [3.05, 3.63) is 65.4 Å². The van der Waals surface area contributed by atoms with E-state index in [0.717, 1.165) is 17.7 Å². The highest BCUT2D eigenvalue weighted by molar-refractivity contribution is 5.91. The van der Waals surface area contributed by atoms with E-state index in [-0.39, 0.29) is 28.9 Å². The Kier molecular flexibility index (Phi) is 7.99. The third-order valence-corrected chi connectivity index (χ3v) is 6.70. The predicted molar refractivity (Wildman–Crippen MR) is 137 cm³/mol. The first-order valence-corrected chi connectivity index (χ1v) is 12.8. The first kappa shape index (κ1) is 27.5. The van der Waals surface area contributed by atoms with Crippen molar-refractivity contribution in [2.24, 2.45) is 5.73 Å². The van der Waals surface area contributed by atoms with Crippen LogP contribution in [-0.2, 0) is 22.3 Å². The normalized spacial score (nSPS) is 18.1. The van der Waals surface area contributed by atoms with Gasteiger partial charge in [0, 0.05) is 37.7 Å². The van der Waals surface area contributed by atoms with Crippen LogP contribution in [0.25, 0.3) is 11.4 Å². The SMILES string of the molecule is NC(=O)c1cc(O[C@H]2CCCC2=O)nc(-c2ccc(Oc3ccc(C(F)(F)F)cc3)cc2CN2CCOCC2)n1. The lowest BCUT2D eigenvalue weighted by Crippen LogP contribution is -2.35. The fraction of sp³-hybridized carbons (Fsp3) is 0.357. The third kappa shape index (κ3) is 6.57. The van der Waals surface area contributed by atoms with E-state index < -0.39 is 23.8 Å². The zero-order valence-corrected chi connectivity index (χ0v) is 21.4. The van der Waals surface area contributed by atoms with E-state index in [1.807, 2.05) is 0 Å². The molecule has 2 aliphatic rings. The quantitative estimate of drug-likeness (QED) is 0.434. The van der Waals surface area contributed by atoms with Gasteiger partial charge in [-0.15, -0.1) is 0 Å². The molecule has 0 bridgehead atoms. The lowest BCUT2D eigenvalue weighted by Gasteiger charge is -2.27. The molecule has 0 spiro atoms. The summed E-state index contributed by atoms with van der Waals surface area (Å²) in [6.07, 6.45) is -3.39. The Morgan fingerprint density at radius 1 is 1.05 bits per heavy atom. The first-order valence-electron chi connectivity index (χ1n) is 12.8. The van der Waals surface area contributed by atoms with Crippen LogP contribution in [0.5, 0.6) is 17.4 Å². The van der Waals surface area contributed by atoms with Gasteiger partial charge in [0.25, 0.3) is 5.91 Å². The van der Waals surface area contributed by atoms with Crippen molar-refractivity contribution < 1.29 is 37.0 Å². The van der Waals surface area contributed by atoms with Gasteiger partial charge >= 0.3 is 6.18 Å².